The SMILES string of the molecule is Cn1ncc2c(N3CCC(C(=O)N4CCc5sccc5C4)CC3)ncnc21. The molecule has 0 atom stereocenters. The molecule has 140 valence electrons. The second kappa shape index (κ2) is 6.60. The highest BCUT2D eigenvalue weighted by Crippen LogP contribution is 2.30. The molecule has 0 N–H and O–H groups in total. The van der Waals surface area contributed by atoms with Crippen LogP contribution in [0.15, 0.2) is 24.0 Å². The van der Waals surface area contributed by atoms with Gasteiger partial charge in [-0.2, -0.15) is 5.10 Å². The number of nitrogens with zero attached hydrogens (tertiary/aromatic N) is 6. The lowest BCUT2D eigenvalue weighted by molar-refractivity contribution is -0.137. The van der Waals surface area contributed by atoms with Crippen molar-refractivity contribution in [2.75, 3.05) is 24.5 Å². The highest BCUT2D eigenvalue weighted by molar-refractivity contribution is 7.10. The van der Waals surface area contributed by atoms with E-state index in [2.05, 4.69) is 36.3 Å². The Hall–Kier alpha value is -2.48. The Bertz CT molecular complexity index is 987. The van der Waals surface area contributed by atoms with Gasteiger partial charge in [-0.05, 0) is 36.3 Å². The number of hydrogen-bond acceptors (Lipinski definition) is 6. The lowest BCUT2D eigenvalue weighted by Crippen LogP contribution is -2.44. The van der Waals surface area contributed by atoms with Gasteiger partial charge in [0.15, 0.2) is 5.65 Å². The van der Waals surface area contributed by atoms with Gasteiger partial charge in [0.2, 0.25) is 5.91 Å². The normalized spacial score (nSPS) is 18.1. The summed E-state index contributed by atoms with van der Waals surface area (Å²) in [6.07, 6.45) is 6.17. The van der Waals surface area contributed by atoms with Crippen molar-refractivity contribution in [3.8, 4) is 0 Å². The summed E-state index contributed by atoms with van der Waals surface area (Å²) in [7, 11) is 1.89. The van der Waals surface area contributed by atoms with Crippen LogP contribution in [0.2, 0.25) is 0 Å². The van der Waals surface area contributed by atoms with Gasteiger partial charge in [-0.3, -0.25) is 9.48 Å². The fraction of sp³-hybridized carbons (Fsp3) is 0.474. The number of aryl methyl sites for hydroxylation is 1. The molecule has 0 aromatic carbocycles. The zero-order valence-electron chi connectivity index (χ0n) is 15.3. The first-order valence-electron chi connectivity index (χ1n) is 9.42. The fourth-order valence-electron chi connectivity index (χ4n) is 4.23. The van der Waals surface area contributed by atoms with Gasteiger partial charge >= 0.3 is 0 Å². The van der Waals surface area contributed by atoms with Crippen LogP contribution in [-0.4, -0.2) is 50.2 Å². The number of fused-ring (bicyclic) bond motifs is 2. The van der Waals surface area contributed by atoms with Crippen molar-refractivity contribution < 1.29 is 4.79 Å². The molecule has 0 bridgehead atoms. The van der Waals surface area contributed by atoms with Crippen LogP contribution < -0.4 is 4.90 Å². The molecule has 0 spiro atoms. The van der Waals surface area contributed by atoms with Crippen molar-refractivity contribution in [3.63, 3.8) is 0 Å². The molecule has 3 aromatic rings. The number of thiophene rings is 1. The van der Waals surface area contributed by atoms with Gasteiger partial charge in [-0.1, -0.05) is 0 Å². The van der Waals surface area contributed by atoms with Crippen LogP contribution in [-0.2, 0) is 24.8 Å². The maximum absolute atomic E-state index is 13.0. The summed E-state index contributed by atoms with van der Waals surface area (Å²) in [6.45, 7) is 3.32. The molecular formula is C19H22N6OS. The molecule has 5 rings (SSSR count). The van der Waals surface area contributed by atoms with Gasteiger partial charge in [0.1, 0.15) is 12.1 Å². The zero-order valence-corrected chi connectivity index (χ0v) is 16.2. The molecule has 8 heteroatoms. The van der Waals surface area contributed by atoms with Crippen molar-refractivity contribution >= 4 is 34.1 Å². The summed E-state index contributed by atoms with van der Waals surface area (Å²) >= 11 is 1.81. The molecular weight excluding hydrogens is 360 g/mol. The average Bonchev–Trinajstić information content (AvgIpc) is 3.33. The molecule has 5 heterocycles. The summed E-state index contributed by atoms with van der Waals surface area (Å²) in [5.74, 6) is 1.37. The molecule has 0 saturated carbocycles. The van der Waals surface area contributed by atoms with Gasteiger partial charge in [0, 0.05) is 44.0 Å². The van der Waals surface area contributed by atoms with Gasteiger partial charge in [0.25, 0.3) is 0 Å². The molecule has 2 aliphatic heterocycles. The third-order valence-electron chi connectivity index (χ3n) is 5.77. The highest BCUT2D eigenvalue weighted by Gasteiger charge is 2.31. The Morgan fingerprint density at radius 3 is 2.93 bits per heavy atom. The number of hydrogen-bond donors (Lipinski definition) is 0. The van der Waals surface area contributed by atoms with Crippen molar-refractivity contribution in [3.05, 3.63) is 34.4 Å². The first-order chi connectivity index (χ1) is 13.2. The Morgan fingerprint density at radius 2 is 2.07 bits per heavy atom. The van der Waals surface area contributed by atoms with Crippen LogP contribution in [0, 0.1) is 5.92 Å². The number of aromatic nitrogens is 4. The van der Waals surface area contributed by atoms with Gasteiger partial charge < -0.3 is 9.80 Å². The fourth-order valence-corrected chi connectivity index (χ4v) is 5.12. The van der Waals surface area contributed by atoms with E-state index in [0.29, 0.717) is 5.91 Å². The minimum absolute atomic E-state index is 0.118. The zero-order chi connectivity index (χ0) is 18.4. The average molecular weight is 382 g/mol. The molecule has 1 saturated heterocycles. The van der Waals surface area contributed by atoms with E-state index in [9.17, 15) is 4.79 Å². The lowest BCUT2D eigenvalue weighted by atomic mass is 9.94. The third-order valence-corrected chi connectivity index (χ3v) is 6.79. The molecule has 0 aliphatic carbocycles. The van der Waals surface area contributed by atoms with Crippen LogP contribution in [0.25, 0.3) is 11.0 Å². The first kappa shape index (κ1) is 16.7. The van der Waals surface area contributed by atoms with Gasteiger partial charge in [-0.25, -0.2) is 9.97 Å². The van der Waals surface area contributed by atoms with Crippen LogP contribution in [0.4, 0.5) is 5.82 Å². The second-order valence-electron chi connectivity index (χ2n) is 7.34. The topological polar surface area (TPSA) is 67.2 Å². The largest absolute Gasteiger partial charge is 0.356 e. The third kappa shape index (κ3) is 2.88. The van der Waals surface area contributed by atoms with E-state index in [-0.39, 0.29) is 5.92 Å². The van der Waals surface area contributed by atoms with Crippen molar-refractivity contribution in [1.29, 1.82) is 0 Å². The maximum atomic E-state index is 13.0. The number of anilines is 1. The Morgan fingerprint density at radius 1 is 1.22 bits per heavy atom. The van der Waals surface area contributed by atoms with Crippen LogP contribution in [0.1, 0.15) is 23.3 Å². The lowest BCUT2D eigenvalue weighted by Gasteiger charge is -2.36. The van der Waals surface area contributed by atoms with E-state index in [1.807, 2.05) is 24.6 Å². The standard InChI is InChI=1S/C19H22N6OS/c1-23-17-15(10-22-23)18(21-12-20-17)24-6-2-13(3-7-24)19(26)25-8-4-16-14(11-25)5-9-27-16/h5,9-10,12-13H,2-4,6-8,11H2,1H3. The van der Waals surface area contributed by atoms with Crippen LogP contribution in [0.3, 0.4) is 0 Å². The monoisotopic (exact) mass is 382 g/mol. The van der Waals surface area contributed by atoms with Crippen LogP contribution >= 0.6 is 11.3 Å². The van der Waals surface area contributed by atoms with E-state index >= 15 is 0 Å². The van der Waals surface area contributed by atoms with E-state index < -0.39 is 0 Å². The molecule has 27 heavy (non-hydrogen) atoms. The number of amides is 1. The van der Waals surface area contributed by atoms with Crippen molar-refractivity contribution in [1.82, 2.24) is 24.6 Å². The number of carbonyl (C=O) groups is 1. The van der Waals surface area contributed by atoms with E-state index in [4.69, 9.17) is 0 Å². The second-order valence-corrected chi connectivity index (χ2v) is 8.34. The van der Waals surface area contributed by atoms with E-state index in [1.54, 1.807) is 11.0 Å². The minimum atomic E-state index is 0.118. The molecule has 2 aliphatic rings. The van der Waals surface area contributed by atoms with Gasteiger partial charge in [-0.15, -0.1) is 11.3 Å². The summed E-state index contributed by atoms with van der Waals surface area (Å²) in [6, 6.07) is 2.16. The Labute approximate surface area is 161 Å². The molecule has 7 nitrogen and oxygen atoms in total. The molecule has 0 unspecified atom stereocenters. The smallest absolute Gasteiger partial charge is 0.226 e. The van der Waals surface area contributed by atoms with Crippen LogP contribution in [0.5, 0.6) is 0 Å². The quantitative estimate of drug-likeness (QED) is 0.680. The number of rotatable bonds is 2. The minimum Gasteiger partial charge on any atom is -0.356 e. The van der Waals surface area contributed by atoms with E-state index in [1.165, 1.54) is 10.4 Å². The molecule has 1 fully saturated rings. The summed E-state index contributed by atoms with van der Waals surface area (Å²) in [5, 5.41) is 7.41. The predicted octanol–water partition coefficient (Wildman–Crippen LogP) is 2.23. The summed E-state index contributed by atoms with van der Waals surface area (Å²) < 4.78 is 1.77. The Kier molecular flexibility index (Phi) is 4.07. The summed E-state index contributed by atoms with van der Waals surface area (Å²) in [5.41, 5.74) is 2.18. The van der Waals surface area contributed by atoms with Gasteiger partial charge in [0.05, 0.1) is 11.6 Å². The number of carbonyl (C=O) groups excluding carboxylic acids is 1. The molecule has 0 radical (unpaired) electrons. The first-order valence-corrected chi connectivity index (χ1v) is 10.3. The maximum Gasteiger partial charge on any atom is 0.226 e. The highest BCUT2D eigenvalue weighted by atomic mass is 32.1. The molecule has 1 amide bonds. The predicted molar refractivity (Wildman–Crippen MR) is 105 cm³/mol. The summed E-state index contributed by atoms with van der Waals surface area (Å²) in [4.78, 5) is 27.6. The van der Waals surface area contributed by atoms with E-state index in [0.717, 1.165) is 62.3 Å². The molecule has 3 aromatic heterocycles. The number of piperidine rings is 1. The van der Waals surface area contributed by atoms with Crippen molar-refractivity contribution in [2.24, 2.45) is 13.0 Å². The van der Waals surface area contributed by atoms with Crippen molar-refractivity contribution in [2.45, 2.75) is 25.8 Å². The Balaban J connectivity index is 1.27.